The van der Waals surface area contributed by atoms with Gasteiger partial charge in [-0.2, -0.15) is 0 Å². The fraction of sp³-hybridized carbons (Fsp3) is 0.125. The van der Waals surface area contributed by atoms with Gasteiger partial charge in [0, 0.05) is 5.69 Å². The quantitative estimate of drug-likeness (QED) is 0.650. The number of carbonyl (C=O) groups is 2. The minimum absolute atomic E-state index is 0. The maximum atomic E-state index is 12.5. The molecule has 1 heterocycles. The average Bonchev–Trinajstić information content (AvgIpc) is 2.65. The van der Waals surface area contributed by atoms with E-state index in [4.69, 9.17) is 5.73 Å². The van der Waals surface area contributed by atoms with Crippen molar-refractivity contribution in [1.82, 2.24) is 0 Å². The van der Waals surface area contributed by atoms with E-state index in [-0.39, 0.29) is 24.2 Å². The van der Waals surface area contributed by atoms with Crippen LogP contribution in [0.15, 0.2) is 36.4 Å². The number of nitrogens with two attached hydrogens (primary N) is 1. The van der Waals surface area contributed by atoms with Crippen molar-refractivity contribution in [3.8, 4) is 0 Å². The number of anilines is 2. The molecule has 0 radical (unpaired) electrons. The topological polar surface area (TPSA) is 63.4 Å². The van der Waals surface area contributed by atoms with E-state index >= 15 is 0 Å². The van der Waals surface area contributed by atoms with E-state index in [2.05, 4.69) is 0 Å². The summed E-state index contributed by atoms with van der Waals surface area (Å²) in [5.74, 6) is -0.607. The lowest BCUT2D eigenvalue weighted by Crippen LogP contribution is -2.30. The number of aryl methyl sites for hydroxylation is 1. The number of rotatable bonds is 1. The first-order valence-electron chi connectivity index (χ1n) is 6.35. The molecule has 21 heavy (non-hydrogen) atoms. The Labute approximate surface area is 129 Å². The lowest BCUT2D eigenvalue weighted by Gasteiger charge is -2.17. The van der Waals surface area contributed by atoms with Crippen LogP contribution < -0.4 is 10.6 Å². The highest BCUT2D eigenvalue weighted by Gasteiger charge is 2.37. The molecule has 2 N–H and O–H groups in total. The molecule has 0 bridgehead atoms. The monoisotopic (exact) mass is 302 g/mol. The Bertz CT molecular complexity index is 756. The summed E-state index contributed by atoms with van der Waals surface area (Å²) in [7, 11) is 0. The molecule has 0 fully saturated rings. The Kier molecular flexibility index (Phi) is 3.75. The second kappa shape index (κ2) is 5.22. The summed E-state index contributed by atoms with van der Waals surface area (Å²) in [4.78, 5) is 26.1. The minimum atomic E-state index is -0.314. The van der Waals surface area contributed by atoms with Gasteiger partial charge in [-0.1, -0.05) is 12.1 Å². The fourth-order valence-corrected chi connectivity index (χ4v) is 2.46. The second-order valence-electron chi connectivity index (χ2n) is 4.97. The SMILES string of the molecule is Cc1cccc(N2C(=O)c3ccc(N)cc3C2=O)c1C.Cl. The van der Waals surface area contributed by atoms with Crippen molar-refractivity contribution >= 4 is 35.6 Å². The lowest BCUT2D eigenvalue weighted by atomic mass is 10.1. The minimum Gasteiger partial charge on any atom is -0.399 e. The van der Waals surface area contributed by atoms with Gasteiger partial charge >= 0.3 is 0 Å². The number of imide groups is 1. The van der Waals surface area contributed by atoms with Crippen LogP contribution in [0.2, 0.25) is 0 Å². The van der Waals surface area contributed by atoms with Crippen LogP contribution >= 0.6 is 12.4 Å². The maximum Gasteiger partial charge on any atom is 0.266 e. The van der Waals surface area contributed by atoms with E-state index < -0.39 is 0 Å². The van der Waals surface area contributed by atoms with E-state index in [0.717, 1.165) is 11.1 Å². The van der Waals surface area contributed by atoms with Gasteiger partial charge in [0.2, 0.25) is 0 Å². The Balaban J connectivity index is 0.00000161. The summed E-state index contributed by atoms with van der Waals surface area (Å²) in [6.45, 7) is 3.86. The third-order valence-electron chi connectivity index (χ3n) is 3.73. The van der Waals surface area contributed by atoms with E-state index in [1.54, 1.807) is 24.3 Å². The van der Waals surface area contributed by atoms with Crippen molar-refractivity contribution in [1.29, 1.82) is 0 Å². The van der Waals surface area contributed by atoms with Crippen molar-refractivity contribution in [2.24, 2.45) is 0 Å². The van der Waals surface area contributed by atoms with Gasteiger partial charge in [-0.3, -0.25) is 9.59 Å². The van der Waals surface area contributed by atoms with Crippen LogP contribution in [0, 0.1) is 13.8 Å². The van der Waals surface area contributed by atoms with E-state index in [1.165, 1.54) is 4.90 Å². The van der Waals surface area contributed by atoms with Crippen LogP contribution in [0.3, 0.4) is 0 Å². The fourth-order valence-electron chi connectivity index (χ4n) is 2.46. The third kappa shape index (κ3) is 2.17. The second-order valence-corrected chi connectivity index (χ2v) is 4.97. The zero-order chi connectivity index (χ0) is 14.4. The number of fused-ring (bicyclic) bond motifs is 1. The average molecular weight is 303 g/mol. The van der Waals surface area contributed by atoms with Crippen LogP contribution in [0.4, 0.5) is 11.4 Å². The molecule has 0 saturated carbocycles. The molecule has 4 nitrogen and oxygen atoms in total. The highest BCUT2D eigenvalue weighted by molar-refractivity contribution is 6.34. The first-order valence-corrected chi connectivity index (χ1v) is 6.35. The Morgan fingerprint density at radius 2 is 1.62 bits per heavy atom. The van der Waals surface area contributed by atoms with E-state index in [1.807, 2.05) is 26.0 Å². The molecule has 2 aromatic carbocycles. The van der Waals surface area contributed by atoms with Crippen molar-refractivity contribution in [2.45, 2.75) is 13.8 Å². The molecule has 2 amide bonds. The number of nitrogen functional groups attached to an aromatic ring is 1. The van der Waals surface area contributed by atoms with Crippen LogP contribution in [-0.2, 0) is 0 Å². The standard InChI is InChI=1S/C16H14N2O2.ClH/c1-9-4-3-5-14(10(9)2)18-15(19)12-7-6-11(17)8-13(12)16(18)20;/h3-8H,17H2,1-2H3;1H. The molecule has 1 aliphatic rings. The van der Waals surface area contributed by atoms with Gasteiger partial charge in [0.15, 0.2) is 0 Å². The summed E-state index contributed by atoms with van der Waals surface area (Å²) < 4.78 is 0. The number of carbonyl (C=O) groups excluding carboxylic acids is 2. The molecule has 0 spiro atoms. The van der Waals surface area contributed by atoms with Crippen LogP contribution in [0.25, 0.3) is 0 Å². The molecular weight excluding hydrogens is 288 g/mol. The molecule has 0 aliphatic carbocycles. The highest BCUT2D eigenvalue weighted by atomic mass is 35.5. The zero-order valence-electron chi connectivity index (χ0n) is 11.7. The summed E-state index contributed by atoms with van der Waals surface area (Å²) in [5, 5.41) is 0. The number of nitrogens with zero attached hydrogens (tertiary/aromatic N) is 1. The van der Waals surface area contributed by atoms with Crippen LogP contribution in [0.5, 0.6) is 0 Å². The van der Waals surface area contributed by atoms with E-state index in [9.17, 15) is 9.59 Å². The molecule has 108 valence electrons. The van der Waals surface area contributed by atoms with Gasteiger partial charge in [-0.05, 0) is 49.2 Å². The molecule has 0 aromatic heterocycles. The Morgan fingerprint density at radius 3 is 2.33 bits per heavy atom. The van der Waals surface area contributed by atoms with Gasteiger partial charge in [0.25, 0.3) is 11.8 Å². The van der Waals surface area contributed by atoms with Crippen molar-refractivity contribution in [3.05, 3.63) is 58.7 Å². The Morgan fingerprint density at radius 1 is 0.952 bits per heavy atom. The van der Waals surface area contributed by atoms with Gasteiger partial charge in [0.05, 0.1) is 16.8 Å². The summed E-state index contributed by atoms with van der Waals surface area (Å²) >= 11 is 0. The van der Waals surface area contributed by atoms with Crippen molar-refractivity contribution < 1.29 is 9.59 Å². The van der Waals surface area contributed by atoms with Gasteiger partial charge < -0.3 is 5.73 Å². The smallest absolute Gasteiger partial charge is 0.266 e. The maximum absolute atomic E-state index is 12.5. The highest BCUT2D eigenvalue weighted by Crippen LogP contribution is 2.32. The molecule has 3 rings (SSSR count). The number of halogens is 1. The van der Waals surface area contributed by atoms with Gasteiger partial charge in [-0.25, -0.2) is 4.90 Å². The molecule has 2 aromatic rings. The normalized spacial score (nSPS) is 13.1. The number of benzene rings is 2. The molecule has 5 heteroatoms. The van der Waals surface area contributed by atoms with Crippen LogP contribution in [-0.4, -0.2) is 11.8 Å². The largest absolute Gasteiger partial charge is 0.399 e. The Hall–Kier alpha value is -2.33. The van der Waals surface area contributed by atoms with Gasteiger partial charge in [-0.15, -0.1) is 12.4 Å². The summed E-state index contributed by atoms with van der Waals surface area (Å²) in [5.41, 5.74) is 9.55. The first kappa shape index (κ1) is 15.1. The number of hydrogen-bond acceptors (Lipinski definition) is 3. The summed E-state index contributed by atoms with van der Waals surface area (Å²) in [6.07, 6.45) is 0. The molecular formula is C16H15ClN2O2. The number of hydrogen-bond donors (Lipinski definition) is 1. The molecule has 0 atom stereocenters. The molecule has 1 aliphatic heterocycles. The first-order chi connectivity index (χ1) is 9.50. The summed E-state index contributed by atoms with van der Waals surface area (Å²) in [6, 6.07) is 10.4. The lowest BCUT2D eigenvalue weighted by molar-refractivity contribution is 0.0926. The molecule has 0 unspecified atom stereocenters. The third-order valence-corrected chi connectivity index (χ3v) is 3.73. The van der Waals surface area contributed by atoms with E-state index in [0.29, 0.717) is 22.5 Å². The predicted molar refractivity (Wildman–Crippen MR) is 85.2 cm³/mol. The number of amides is 2. The zero-order valence-corrected chi connectivity index (χ0v) is 12.5. The predicted octanol–water partition coefficient (Wildman–Crippen LogP) is 3.11. The van der Waals surface area contributed by atoms with Crippen LogP contribution in [0.1, 0.15) is 31.8 Å². The molecule has 0 saturated heterocycles. The van der Waals surface area contributed by atoms with Crippen molar-refractivity contribution in [2.75, 3.05) is 10.6 Å². The van der Waals surface area contributed by atoms with Gasteiger partial charge in [0.1, 0.15) is 0 Å². The van der Waals surface area contributed by atoms with Crippen molar-refractivity contribution in [3.63, 3.8) is 0 Å².